The Morgan fingerprint density at radius 1 is 1.04 bits per heavy atom. The number of benzene rings is 2. The largest absolute Gasteiger partial charge is 0.451 e. The fourth-order valence-electron chi connectivity index (χ4n) is 2.21. The number of carbonyl (C=O) groups is 4. The van der Waals surface area contributed by atoms with Crippen LogP contribution in [0, 0.1) is 0 Å². The topological polar surface area (TPSA) is 102 Å². The fraction of sp³-hybridized carbons (Fsp3) is 0.200. The van der Waals surface area contributed by atoms with Crippen molar-refractivity contribution in [3.8, 4) is 0 Å². The summed E-state index contributed by atoms with van der Waals surface area (Å²) in [7, 11) is 0. The lowest BCUT2D eigenvalue weighted by molar-refractivity contribution is -0.152. The number of anilines is 1. The van der Waals surface area contributed by atoms with Gasteiger partial charge in [0.2, 0.25) is 0 Å². The summed E-state index contributed by atoms with van der Waals surface area (Å²) in [5.41, 5.74) is 1.21. The second-order valence-electron chi connectivity index (χ2n) is 5.95. The number of hydrogen-bond acceptors (Lipinski definition) is 5. The summed E-state index contributed by atoms with van der Waals surface area (Å²) in [6, 6.07) is 12.6. The van der Waals surface area contributed by atoms with E-state index in [4.69, 9.17) is 16.3 Å². The third kappa shape index (κ3) is 6.21. The van der Waals surface area contributed by atoms with Crippen molar-refractivity contribution >= 4 is 40.9 Å². The van der Waals surface area contributed by atoms with Crippen molar-refractivity contribution in [2.45, 2.75) is 20.0 Å². The third-order valence-electron chi connectivity index (χ3n) is 3.71. The number of carbonyl (C=O) groups excluding carboxylic acids is 4. The average Bonchev–Trinajstić information content (AvgIpc) is 2.66. The molecule has 0 spiro atoms. The first kappa shape index (κ1) is 21.1. The van der Waals surface area contributed by atoms with Crippen molar-refractivity contribution in [1.82, 2.24) is 5.32 Å². The molecule has 0 aliphatic carbocycles. The molecule has 0 saturated heterocycles. The van der Waals surface area contributed by atoms with E-state index in [-0.39, 0.29) is 12.3 Å². The second-order valence-corrected chi connectivity index (χ2v) is 6.38. The van der Waals surface area contributed by atoms with Crippen molar-refractivity contribution in [2.75, 3.05) is 11.9 Å². The highest BCUT2D eigenvalue weighted by Crippen LogP contribution is 2.12. The van der Waals surface area contributed by atoms with Gasteiger partial charge in [-0.15, -0.1) is 0 Å². The van der Waals surface area contributed by atoms with Gasteiger partial charge < -0.3 is 15.4 Å². The molecule has 0 heterocycles. The van der Waals surface area contributed by atoms with Crippen LogP contribution in [0.2, 0.25) is 5.02 Å². The number of ketones is 1. The van der Waals surface area contributed by atoms with Crippen LogP contribution in [0.3, 0.4) is 0 Å². The lowest BCUT2D eigenvalue weighted by atomic mass is 10.1. The summed E-state index contributed by atoms with van der Waals surface area (Å²) in [6.45, 7) is 2.44. The summed E-state index contributed by atoms with van der Waals surface area (Å²) in [5, 5.41) is 5.47. The Bertz CT molecular complexity index is 896. The zero-order chi connectivity index (χ0) is 20.7. The molecule has 0 radical (unpaired) electrons. The molecule has 0 aliphatic heterocycles. The van der Waals surface area contributed by atoms with Crippen molar-refractivity contribution in [3.05, 3.63) is 64.7 Å². The predicted molar refractivity (Wildman–Crippen MR) is 104 cm³/mol. The van der Waals surface area contributed by atoms with E-state index < -0.39 is 23.9 Å². The molecule has 0 saturated carbocycles. The molecule has 2 N–H and O–H groups in total. The van der Waals surface area contributed by atoms with Crippen molar-refractivity contribution in [1.29, 1.82) is 0 Å². The summed E-state index contributed by atoms with van der Waals surface area (Å²) < 4.78 is 5.01. The first-order valence-corrected chi connectivity index (χ1v) is 8.79. The van der Waals surface area contributed by atoms with Crippen molar-refractivity contribution in [2.24, 2.45) is 0 Å². The molecule has 0 aliphatic rings. The standard InChI is InChI=1S/C20H19ClN2O5/c1-12(24)15-4-3-5-17(10-15)23-19(26)13(2)28-18(25)11-22-20(27)14-6-8-16(21)9-7-14/h3-10,13H,11H2,1-2H3,(H,22,27)(H,23,26)/t13-/m1/s1. The molecule has 2 rings (SSSR count). The number of rotatable bonds is 7. The first-order chi connectivity index (χ1) is 13.3. The van der Waals surface area contributed by atoms with Gasteiger partial charge in [-0.3, -0.25) is 19.2 Å². The van der Waals surface area contributed by atoms with Crippen LogP contribution >= 0.6 is 11.6 Å². The molecule has 7 nitrogen and oxygen atoms in total. The first-order valence-electron chi connectivity index (χ1n) is 8.41. The van der Waals surface area contributed by atoms with Gasteiger partial charge in [0.1, 0.15) is 6.54 Å². The predicted octanol–water partition coefficient (Wildman–Crippen LogP) is 2.84. The fourth-order valence-corrected chi connectivity index (χ4v) is 2.33. The van der Waals surface area contributed by atoms with Gasteiger partial charge in [-0.2, -0.15) is 0 Å². The summed E-state index contributed by atoms with van der Waals surface area (Å²) >= 11 is 5.75. The van der Waals surface area contributed by atoms with Crippen LogP contribution in [0.5, 0.6) is 0 Å². The molecular formula is C20H19ClN2O5. The highest BCUT2D eigenvalue weighted by molar-refractivity contribution is 6.30. The minimum atomic E-state index is -1.08. The molecule has 2 aromatic rings. The van der Waals surface area contributed by atoms with Gasteiger partial charge in [0.05, 0.1) is 0 Å². The van der Waals surface area contributed by atoms with Crippen LogP contribution in [0.15, 0.2) is 48.5 Å². The van der Waals surface area contributed by atoms with E-state index in [1.807, 2.05) is 0 Å². The van der Waals surface area contributed by atoms with Gasteiger partial charge >= 0.3 is 5.97 Å². The zero-order valence-corrected chi connectivity index (χ0v) is 16.1. The molecule has 0 fully saturated rings. The number of nitrogens with one attached hydrogen (secondary N) is 2. The average molecular weight is 403 g/mol. The maximum atomic E-state index is 12.1. The number of Topliss-reactive ketones (excluding diaryl/α,β-unsaturated/α-hetero) is 1. The Labute approximate surface area is 167 Å². The quantitative estimate of drug-likeness (QED) is 0.547. The van der Waals surface area contributed by atoms with Crippen molar-refractivity contribution < 1.29 is 23.9 Å². The number of hydrogen-bond donors (Lipinski definition) is 2. The van der Waals surface area contributed by atoms with Gasteiger partial charge in [0.15, 0.2) is 11.9 Å². The zero-order valence-electron chi connectivity index (χ0n) is 15.3. The Balaban J connectivity index is 1.83. The number of amides is 2. The number of ether oxygens (including phenoxy) is 1. The van der Waals surface area contributed by atoms with Crippen molar-refractivity contribution in [3.63, 3.8) is 0 Å². The SMILES string of the molecule is CC(=O)c1cccc(NC(=O)[C@@H](C)OC(=O)CNC(=O)c2ccc(Cl)cc2)c1. The number of esters is 1. The molecule has 1 atom stereocenters. The van der Waals surface area contributed by atoms with Gasteiger partial charge in [-0.25, -0.2) is 0 Å². The highest BCUT2D eigenvalue weighted by Gasteiger charge is 2.19. The molecule has 146 valence electrons. The van der Waals surface area contributed by atoms with E-state index in [1.54, 1.807) is 30.3 Å². The van der Waals surface area contributed by atoms with Crippen LogP contribution in [0.1, 0.15) is 34.6 Å². The monoisotopic (exact) mass is 402 g/mol. The molecule has 2 amide bonds. The molecule has 2 aromatic carbocycles. The van der Waals surface area contributed by atoms with E-state index in [0.717, 1.165) is 0 Å². The van der Waals surface area contributed by atoms with Crippen LogP contribution < -0.4 is 10.6 Å². The second kappa shape index (κ2) is 9.66. The van der Waals surface area contributed by atoms with E-state index in [0.29, 0.717) is 21.8 Å². The minimum Gasteiger partial charge on any atom is -0.451 e. The molecule has 0 aromatic heterocycles. The summed E-state index contributed by atoms with van der Waals surface area (Å²) in [5.74, 6) is -1.92. The van der Waals surface area contributed by atoms with Gasteiger partial charge in [0, 0.05) is 21.8 Å². The maximum absolute atomic E-state index is 12.1. The highest BCUT2D eigenvalue weighted by atomic mass is 35.5. The van der Waals surface area contributed by atoms with Crippen LogP contribution in [0.4, 0.5) is 5.69 Å². The Kier molecular flexibility index (Phi) is 7.28. The van der Waals surface area contributed by atoms with Crippen LogP contribution in [0.25, 0.3) is 0 Å². The summed E-state index contributed by atoms with van der Waals surface area (Å²) in [4.78, 5) is 47.3. The van der Waals surface area contributed by atoms with E-state index in [1.165, 1.54) is 32.0 Å². The van der Waals surface area contributed by atoms with Gasteiger partial charge in [-0.05, 0) is 50.2 Å². The van der Waals surface area contributed by atoms with E-state index in [9.17, 15) is 19.2 Å². The number of halogens is 1. The smallest absolute Gasteiger partial charge is 0.326 e. The Morgan fingerprint density at radius 2 is 1.71 bits per heavy atom. The van der Waals surface area contributed by atoms with E-state index in [2.05, 4.69) is 10.6 Å². The van der Waals surface area contributed by atoms with Gasteiger partial charge in [-0.1, -0.05) is 23.7 Å². The third-order valence-corrected chi connectivity index (χ3v) is 3.97. The summed E-state index contributed by atoms with van der Waals surface area (Å²) in [6.07, 6.45) is -1.08. The molecule has 28 heavy (non-hydrogen) atoms. The lowest BCUT2D eigenvalue weighted by Crippen LogP contribution is -2.35. The van der Waals surface area contributed by atoms with Gasteiger partial charge in [0.25, 0.3) is 11.8 Å². The molecular weight excluding hydrogens is 384 g/mol. The maximum Gasteiger partial charge on any atom is 0.326 e. The normalized spacial score (nSPS) is 11.2. The Hall–Kier alpha value is -3.19. The molecule has 8 heteroatoms. The molecule has 0 bridgehead atoms. The molecule has 0 unspecified atom stereocenters. The van der Waals surface area contributed by atoms with Crippen LogP contribution in [-0.2, 0) is 14.3 Å². The Morgan fingerprint density at radius 3 is 2.36 bits per heavy atom. The minimum absolute atomic E-state index is 0.132. The van der Waals surface area contributed by atoms with Crippen LogP contribution in [-0.4, -0.2) is 36.2 Å². The van der Waals surface area contributed by atoms with E-state index >= 15 is 0 Å². The lowest BCUT2D eigenvalue weighted by Gasteiger charge is -2.14.